The molecule has 1 unspecified atom stereocenters. The molecule has 0 aliphatic heterocycles. The molecule has 6 heteroatoms. The molecule has 4 nitrogen and oxygen atoms in total. The molecule has 0 amide bonds. The lowest BCUT2D eigenvalue weighted by Gasteiger charge is -2.13. The number of rotatable bonds is 11. The van der Waals surface area contributed by atoms with Crippen LogP contribution in [-0.2, 0) is 10.0 Å². The Kier molecular flexibility index (Phi) is 10.3. The van der Waals surface area contributed by atoms with Crippen molar-refractivity contribution in [3.05, 3.63) is 0 Å². The lowest BCUT2D eigenvalue weighted by atomic mass is 10.2. The molecule has 0 aromatic carbocycles. The molecule has 17 heavy (non-hydrogen) atoms. The summed E-state index contributed by atoms with van der Waals surface area (Å²) in [6.07, 6.45) is 6.55. The van der Waals surface area contributed by atoms with Gasteiger partial charge in [0.2, 0.25) is 10.0 Å². The summed E-state index contributed by atoms with van der Waals surface area (Å²) in [6.45, 7) is 2.77. The molecule has 0 saturated heterocycles. The number of thioether (sulfide) groups is 1. The summed E-state index contributed by atoms with van der Waals surface area (Å²) in [4.78, 5) is 0. The molecule has 0 bridgehead atoms. The number of unbranched alkanes of at least 4 members (excludes halogenated alkanes) is 3. The fraction of sp³-hybridized carbons (Fsp3) is 1.00. The summed E-state index contributed by atoms with van der Waals surface area (Å²) in [7, 11) is -1.37. The maximum atomic E-state index is 11.7. The zero-order valence-corrected chi connectivity index (χ0v) is 12.8. The minimum atomic E-state index is -3.14. The SMILES string of the molecule is CNCC(C)S(=O)(=O)NCCCCCCSC. The number of nitrogens with one attached hydrogen (secondary N) is 2. The third-order valence-electron chi connectivity index (χ3n) is 2.60. The van der Waals surface area contributed by atoms with E-state index in [0.29, 0.717) is 13.1 Å². The number of sulfonamides is 1. The Morgan fingerprint density at radius 3 is 2.41 bits per heavy atom. The van der Waals surface area contributed by atoms with E-state index in [2.05, 4.69) is 16.3 Å². The van der Waals surface area contributed by atoms with Gasteiger partial charge in [0.1, 0.15) is 0 Å². The third kappa shape index (κ3) is 8.88. The van der Waals surface area contributed by atoms with Gasteiger partial charge in [0.05, 0.1) is 5.25 Å². The Hall–Kier alpha value is 0.220. The van der Waals surface area contributed by atoms with E-state index in [0.717, 1.165) is 12.8 Å². The first-order valence-corrected chi connectivity index (χ1v) is 9.10. The highest BCUT2D eigenvalue weighted by molar-refractivity contribution is 7.98. The van der Waals surface area contributed by atoms with Gasteiger partial charge in [-0.05, 0) is 38.8 Å². The topological polar surface area (TPSA) is 58.2 Å². The monoisotopic (exact) mass is 282 g/mol. The highest BCUT2D eigenvalue weighted by Gasteiger charge is 2.18. The van der Waals surface area contributed by atoms with E-state index < -0.39 is 10.0 Å². The van der Waals surface area contributed by atoms with Crippen LogP contribution in [0.25, 0.3) is 0 Å². The van der Waals surface area contributed by atoms with Crippen molar-refractivity contribution in [2.75, 3.05) is 32.1 Å². The van der Waals surface area contributed by atoms with E-state index in [9.17, 15) is 8.42 Å². The van der Waals surface area contributed by atoms with Gasteiger partial charge >= 0.3 is 0 Å². The van der Waals surface area contributed by atoms with E-state index >= 15 is 0 Å². The average molecular weight is 282 g/mol. The molecule has 0 heterocycles. The zero-order chi connectivity index (χ0) is 13.1. The van der Waals surface area contributed by atoms with Gasteiger partial charge in [-0.1, -0.05) is 12.8 Å². The highest BCUT2D eigenvalue weighted by atomic mass is 32.2. The van der Waals surface area contributed by atoms with Crippen molar-refractivity contribution < 1.29 is 8.42 Å². The molecule has 0 radical (unpaired) electrons. The van der Waals surface area contributed by atoms with Crippen LogP contribution in [0.1, 0.15) is 32.6 Å². The molecule has 0 aliphatic carbocycles. The summed E-state index contributed by atoms with van der Waals surface area (Å²) >= 11 is 1.86. The maximum absolute atomic E-state index is 11.7. The van der Waals surface area contributed by atoms with Crippen molar-refractivity contribution in [1.29, 1.82) is 0 Å². The van der Waals surface area contributed by atoms with Crippen LogP contribution in [0.3, 0.4) is 0 Å². The van der Waals surface area contributed by atoms with Crippen LogP contribution in [0.5, 0.6) is 0 Å². The van der Waals surface area contributed by atoms with Crippen molar-refractivity contribution in [2.24, 2.45) is 0 Å². The molecule has 0 spiro atoms. The molecular formula is C11H26N2O2S2. The van der Waals surface area contributed by atoms with E-state index in [4.69, 9.17) is 0 Å². The van der Waals surface area contributed by atoms with Crippen molar-refractivity contribution in [3.8, 4) is 0 Å². The Labute approximate surface area is 110 Å². The van der Waals surface area contributed by atoms with Gasteiger partial charge in [0.25, 0.3) is 0 Å². The molecule has 0 fully saturated rings. The lowest BCUT2D eigenvalue weighted by Crippen LogP contribution is -2.38. The highest BCUT2D eigenvalue weighted by Crippen LogP contribution is 2.04. The van der Waals surface area contributed by atoms with Crippen LogP contribution in [0.15, 0.2) is 0 Å². The summed E-state index contributed by atoms with van der Waals surface area (Å²) in [5.74, 6) is 1.20. The first-order chi connectivity index (χ1) is 8.04. The molecule has 104 valence electrons. The second-order valence-electron chi connectivity index (χ2n) is 4.21. The molecule has 0 rings (SSSR count). The van der Waals surface area contributed by atoms with Crippen molar-refractivity contribution in [2.45, 2.75) is 37.9 Å². The minimum absolute atomic E-state index is 0.371. The van der Waals surface area contributed by atoms with E-state index in [-0.39, 0.29) is 5.25 Å². The molecular weight excluding hydrogens is 256 g/mol. The Morgan fingerprint density at radius 2 is 1.82 bits per heavy atom. The molecule has 0 aliphatic rings. The summed E-state index contributed by atoms with van der Waals surface area (Å²) in [5, 5.41) is 2.51. The first-order valence-electron chi connectivity index (χ1n) is 6.16. The predicted molar refractivity (Wildman–Crippen MR) is 77.2 cm³/mol. The van der Waals surface area contributed by atoms with Crippen LogP contribution >= 0.6 is 11.8 Å². The van der Waals surface area contributed by atoms with Crippen molar-refractivity contribution in [3.63, 3.8) is 0 Å². The Balaban J connectivity index is 3.59. The Morgan fingerprint density at radius 1 is 1.18 bits per heavy atom. The van der Waals surface area contributed by atoms with E-state index in [1.54, 1.807) is 14.0 Å². The maximum Gasteiger partial charge on any atom is 0.215 e. The quantitative estimate of drug-likeness (QED) is 0.563. The normalized spacial score (nSPS) is 13.8. The fourth-order valence-electron chi connectivity index (χ4n) is 1.48. The molecule has 2 N–H and O–H groups in total. The van der Waals surface area contributed by atoms with Gasteiger partial charge in [-0.25, -0.2) is 13.1 Å². The number of hydrogen-bond acceptors (Lipinski definition) is 4. The van der Waals surface area contributed by atoms with Gasteiger partial charge in [-0.3, -0.25) is 0 Å². The fourth-order valence-corrected chi connectivity index (χ4v) is 3.07. The summed E-state index contributed by atoms with van der Waals surface area (Å²) < 4.78 is 26.1. The lowest BCUT2D eigenvalue weighted by molar-refractivity contribution is 0.557. The molecule has 0 aromatic heterocycles. The van der Waals surface area contributed by atoms with Gasteiger partial charge in [0, 0.05) is 13.1 Å². The molecule has 1 atom stereocenters. The summed E-state index contributed by atoms with van der Waals surface area (Å²) in [6, 6.07) is 0. The number of hydrogen-bond donors (Lipinski definition) is 2. The Bertz CT molecular complexity index is 269. The average Bonchev–Trinajstić information content (AvgIpc) is 2.28. The second-order valence-corrected chi connectivity index (χ2v) is 7.38. The van der Waals surface area contributed by atoms with Gasteiger partial charge in [-0.2, -0.15) is 11.8 Å². The summed E-state index contributed by atoms with van der Waals surface area (Å²) in [5.41, 5.74) is 0. The third-order valence-corrected chi connectivity index (χ3v) is 5.13. The van der Waals surface area contributed by atoms with Crippen LogP contribution in [0.2, 0.25) is 0 Å². The largest absolute Gasteiger partial charge is 0.318 e. The van der Waals surface area contributed by atoms with Crippen LogP contribution in [0, 0.1) is 0 Å². The van der Waals surface area contributed by atoms with Gasteiger partial charge in [-0.15, -0.1) is 0 Å². The van der Waals surface area contributed by atoms with Crippen molar-refractivity contribution in [1.82, 2.24) is 10.0 Å². The molecule has 0 saturated carbocycles. The second kappa shape index (κ2) is 10.2. The minimum Gasteiger partial charge on any atom is -0.318 e. The first kappa shape index (κ1) is 17.2. The van der Waals surface area contributed by atoms with E-state index in [1.807, 2.05) is 11.8 Å². The van der Waals surface area contributed by atoms with Crippen LogP contribution in [-0.4, -0.2) is 45.8 Å². The van der Waals surface area contributed by atoms with E-state index in [1.165, 1.54) is 18.6 Å². The molecule has 0 aromatic rings. The zero-order valence-electron chi connectivity index (χ0n) is 11.2. The van der Waals surface area contributed by atoms with Crippen LogP contribution < -0.4 is 10.0 Å². The van der Waals surface area contributed by atoms with Gasteiger partial charge in [0.15, 0.2) is 0 Å². The smallest absolute Gasteiger partial charge is 0.215 e. The predicted octanol–water partition coefficient (Wildman–Crippen LogP) is 1.44. The van der Waals surface area contributed by atoms with Gasteiger partial charge < -0.3 is 5.32 Å². The standard InChI is InChI=1S/C11H26N2O2S2/c1-11(10-12-2)17(14,15)13-8-6-4-5-7-9-16-3/h11-13H,4-10H2,1-3H3. The van der Waals surface area contributed by atoms with Crippen molar-refractivity contribution >= 4 is 21.8 Å². The van der Waals surface area contributed by atoms with Crippen LogP contribution in [0.4, 0.5) is 0 Å².